The van der Waals surface area contributed by atoms with Gasteiger partial charge in [-0.15, -0.1) is 0 Å². The van der Waals surface area contributed by atoms with Gasteiger partial charge in [-0.1, -0.05) is 59.7 Å². The van der Waals surface area contributed by atoms with Crippen LogP contribution in [0, 0.1) is 6.92 Å². The maximum atomic E-state index is 12.6. The van der Waals surface area contributed by atoms with Gasteiger partial charge in [0.25, 0.3) is 0 Å². The maximum Gasteiger partial charge on any atom is 0.305 e. The molecule has 4 aromatic rings. The summed E-state index contributed by atoms with van der Waals surface area (Å²) in [5, 5.41) is 34.3. The van der Waals surface area contributed by atoms with Gasteiger partial charge < -0.3 is 49.8 Å². The second-order valence-electron chi connectivity index (χ2n) is 13.3. The Kier molecular flexibility index (Phi) is 20.8. The van der Waals surface area contributed by atoms with Crippen molar-refractivity contribution in [2.75, 3.05) is 91.0 Å². The predicted molar refractivity (Wildman–Crippen MR) is 221 cm³/mol. The van der Waals surface area contributed by atoms with Gasteiger partial charge >= 0.3 is 5.97 Å². The van der Waals surface area contributed by atoms with Crippen molar-refractivity contribution in [3.05, 3.63) is 101 Å². The number of pyridine rings is 1. The van der Waals surface area contributed by atoms with E-state index in [0.29, 0.717) is 79.0 Å². The van der Waals surface area contributed by atoms with Gasteiger partial charge in [0.15, 0.2) is 0 Å². The number of rotatable bonds is 30. The van der Waals surface area contributed by atoms with E-state index in [1.165, 1.54) is 0 Å². The van der Waals surface area contributed by atoms with E-state index in [1.54, 1.807) is 6.20 Å². The normalized spacial score (nSPS) is 12.1. The van der Waals surface area contributed by atoms with Crippen molar-refractivity contribution in [2.24, 2.45) is 5.11 Å². The second-order valence-corrected chi connectivity index (χ2v) is 13.3. The zero-order chi connectivity index (χ0) is 41.2. The van der Waals surface area contributed by atoms with Crippen molar-refractivity contribution in [1.29, 1.82) is 0 Å². The van der Waals surface area contributed by atoms with E-state index >= 15 is 0 Å². The molecule has 4 rings (SSSR count). The molecule has 0 saturated carbocycles. The molecule has 0 radical (unpaired) electrons. The number of carbonyl (C=O) groups excluding carboxylic acids is 1. The lowest BCUT2D eigenvalue weighted by Crippen LogP contribution is -2.45. The van der Waals surface area contributed by atoms with E-state index in [1.807, 2.05) is 79.7 Å². The topological polar surface area (TPSA) is 218 Å². The highest BCUT2D eigenvalue weighted by atomic mass is 16.6. The first kappa shape index (κ1) is 45.4. The quantitative estimate of drug-likeness (QED) is 0.0193. The number of aliphatic hydroxyl groups excluding tert-OH is 1. The molecule has 0 saturated heterocycles. The molecule has 0 aliphatic carbocycles. The van der Waals surface area contributed by atoms with Gasteiger partial charge in [-0.25, -0.2) is 4.98 Å². The standard InChI is InChI=1S/C42H55N7O9/c1-31-14-16-45-40(27-31)44-15-4-7-41(51)48-34(30-50)29-46-38(28-42(52)53)33-10-8-32(9-11-33)35-12-13-39(37-6-3-2-5-36(35)37)58-26-25-57-24-23-56-22-21-55-20-19-54-18-17-47-49-43/h2-3,5-6,8-14,16,27,34,38,46,50H,4,7,15,17-26,28-30H2,1H3,(H,44,45)(H,48,51)(H,52,53)/t34-,38-/m0/s1. The number of aliphatic carboxylic acids is 1. The van der Waals surface area contributed by atoms with Crippen LogP contribution >= 0.6 is 0 Å². The van der Waals surface area contributed by atoms with Crippen LogP contribution in [0.3, 0.4) is 0 Å². The molecule has 0 bridgehead atoms. The summed E-state index contributed by atoms with van der Waals surface area (Å²) in [5.41, 5.74) is 12.0. The molecule has 58 heavy (non-hydrogen) atoms. The molecule has 3 aromatic carbocycles. The van der Waals surface area contributed by atoms with Gasteiger partial charge in [-0.05, 0) is 64.7 Å². The third-order valence-corrected chi connectivity index (χ3v) is 8.89. The zero-order valence-electron chi connectivity index (χ0n) is 33.0. The number of ether oxygens (including phenoxy) is 5. The van der Waals surface area contributed by atoms with Crippen LogP contribution in [0.5, 0.6) is 5.75 Å². The first-order chi connectivity index (χ1) is 28.4. The molecule has 0 unspecified atom stereocenters. The Bertz CT molecular complexity index is 1880. The number of amides is 1. The van der Waals surface area contributed by atoms with Crippen LogP contribution < -0.4 is 20.7 Å². The number of hydrogen-bond acceptors (Lipinski definition) is 12. The summed E-state index contributed by atoms with van der Waals surface area (Å²) in [6.07, 6.45) is 2.40. The lowest BCUT2D eigenvalue weighted by atomic mass is 9.95. The fraction of sp³-hybridized carbons (Fsp3) is 0.452. The van der Waals surface area contributed by atoms with Gasteiger partial charge in [-0.3, -0.25) is 9.59 Å². The third-order valence-electron chi connectivity index (χ3n) is 8.89. The highest BCUT2D eigenvalue weighted by Gasteiger charge is 2.19. The van der Waals surface area contributed by atoms with Crippen LogP contribution in [0.25, 0.3) is 32.3 Å². The first-order valence-electron chi connectivity index (χ1n) is 19.5. The molecule has 0 aliphatic heterocycles. The SMILES string of the molecule is Cc1ccnc(NCCCC(=O)N[C@H](CO)CN[C@@H](CC(=O)O)c2ccc(-c3ccc(OCCOCCOCCOCCOCCN=[N+]=[N-])c4ccccc34)cc2)c1. The van der Waals surface area contributed by atoms with Crippen molar-refractivity contribution in [3.8, 4) is 16.9 Å². The molecular weight excluding hydrogens is 747 g/mol. The largest absolute Gasteiger partial charge is 0.491 e. The number of hydrogen-bond donors (Lipinski definition) is 5. The smallest absolute Gasteiger partial charge is 0.305 e. The van der Waals surface area contributed by atoms with Crippen molar-refractivity contribution >= 4 is 28.5 Å². The Morgan fingerprint density at radius 3 is 2.19 bits per heavy atom. The molecule has 16 nitrogen and oxygen atoms in total. The summed E-state index contributed by atoms with van der Waals surface area (Å²) >= 11 is 0. The number of carboxylic acids is 1. The molecule has 0 aliphatic rings. The third kappa shape index (κ3) is 16.6. The molecule has 16 heteroatoms. The van der Waals surface area contributed by atoms with Crippen molar-refractivity contribution in [2.45, 2.75) is 38.3 Å². The number of nitrogens with zero attached hydrogens (tertiary/aromatic N) is 4. The number of aliphatic hydroxyl groups is 1. The molecule has 1 heterocycles. The van der Waals surface area contributed by atoms with Gasteiger partial charge in [0, 0.05) is 48.6 Å². The number of aryl methyl sites for hydroxylation is 1. The van der Waals surface area contributed by atoms with Gasteiger partial charge in [0.05, 0.1) is 71.9 Å². The molecule has 0 spiro atoms. The average Bonchev–Trinajstić information content (AvgIpc) is 3.23. The van der Waals surface area contributed by atoms with Gasteiger partial charge in [0.2, 0.25) is 5.91 Å². The van der Waals surface area contributed by atoms with Crippen LogP contribution in [0.1, 0.15) is 36.4 Å². The Morgan fingerprint density at radius 1 is 0.862 bits per heavy atom. The van der Waals surface area contributed by atoms with Crippen LogP contribution in [-0.2, 0) is 28.5 Å². The molecular formula is C42H55N7O9. The summed E-state index contributed by atoms with van der Waals surface area (Å²) in [5.74, 6) is 0.326. The predicted octanol–water partition coefficient (Wildman–Crippen LogP) is 5.44. The number of carbonyl (C=O) groups is 2. The Hall–Kier alpha value is -5.32. The molecule has 2 atom stereocenters. The summed E-state index contributed by atoms with van der Waals surface area (Å²) in [6.45, 7) is 6.50. The van der Waals surface area contributed by atoms with Gasteiger partial charge in [-0.2, -0.15) is 0 Å². The van der Waals surface area contributed by atoms with Crippen LogP contribution in [0.2, 0.25) is 0 Å². The van der Waals surface area contributed by atoms with Crippen LogP contribution in [-0.4, -0.2) is 119 Å². The minimum absolute atomic E-state index is 0.176. The Labute approximate surface area is 338 Å². The number of carboxylic acid groups (broad SMARTS) is 1. The van der Waals surface area contributed by atoms with Gasteiger partial charge in [0.1, 0.15) is 18.2 Å². The van der Waals surface area contributed by atoms with E-state index < -0.39 is 18.1 Å². The van der Waals surface area contributed by atoms with E-state index in [4.69, 9.17) is 29.2 Å². The van der Waals surface area contributed by atoms with Crippen molar-refractivity contribution < 1.29 is 43.5 Å². The monoisotopic (exact) mass is 801 g/mol. The average molecular weight is 802 g/mol. The molecule has 5 N–H and O–H groups in total. The summed E-state index contributed by atoms with van der Waals surface area (Å²) in [4.78, 5) is 31.4. The number of azide groups is 1. The zero-order valence-corrected chi connectivity index (χ0v) is 33.0. The highest BCUT2D eigenvalue weighted by molar-refractivity contribution is 6.00. The Balaban J connectivity index is 1.21. The molecule has 1 amide bonds. The summed E-state index contributed by atoms with van der Waals surface area (Å²) in [6, 6.07) is 22.4. The fourth-order valence-electron chi connectivity index (χ4n) is 5.99. The molecule has 1 aromatic heterocycles. The highest BCUT2D eigenvalue weighted by Crippen LogP contribution is 2.35. The summed E-state index contributed by atoms with van der Waals surface area (Å²) in [7, 11) is 0. The number of benzene rings is 3. The first-order valence-corrected chi connectivity index (χ1v) is 19.5. The van der Waals surface area contributed by atoms with Crippen molar-refractivity contribution in [1.82, 2.24) is 15.6 Å². The number of anilines is 1. The molecule has 0 fully saturated rings. The molecule has 312 valence electrons. The minimum Gasteiger partial charge on any atom is -0.491 e. The van der Waals surface area contributed by atoms with E-state index in [2.05, 4.69) is 31.0 Å². The van der Waals surface area contributed by atoms with Crippen LogP contribution in [0.4, 0.5) is 5.82 Å². The van der Waals surface area contributed by atoms with E-state index in [0.717, 1.165) is 44.6 Å². The number of aromatic nitrogens is 1. The number of nitrogens with one attached hydrogen (secondary N) is 3. The minimum atomic E-state index is -0.969. The number of fused-ring (bicyclic) bond motifs is 1. The summed E-state index contributed by atoms with van der Waals surface area (Å²) < 4.78 is 28.0. The van der Waals surface area contributed by atoms with E-state index in [-0.39, 0.29) is 31.9 Å². The lowest BCUT2D eigenvalue weighted by molar-refractivity contribution is -0.137. The second kappa shape index (κ2) is 26.6. The maximum absolute atomic E-state index is 12.6. The fourth-order valence-corrected chi connectivity index (χ4v) is 5.99. The van der Waals surface area contributed by atoms with E-state index in [9.17, 15) is 19.8 Å². The lowest BCUT2D eigenvalue weighted by Gasteiger charge is -2.23. The van der Waals surface area contributed by atoms with Crippen LogP contribution in [0.15, 0.2) is 84.1 Å². The van der Waals surface area contributed by atoms with Crippen molar-refractivity contribution in [3.63, 3.8) is 0 Å². The Morgan fingerprint density at radius 2 is 1.53 bits per heavy atom.